The van der Waals surface area contributed by atoms with Crippen molar-refractivity contribution >= 4 is 39.8 Å². The van der Waals surface area contributed by atoms with Gasteiger partial charge in [0.05, 0.1) is 5.56 Å². The number of para-hydroxylation sites is 1. The van der Waals surface area contributed by atoms with Crippen molar-refractivity contribution in [2.75, 3.05) is 23.8 Å². The van der Waals surface area contributed by atoms with Crippen LogP contribution in [0, 0.1) is 6.92 Å². The molecule has 1 aromatic carbocycles. The van der Waals surface area contributed by atoms with Crippen LogP contribution in [0.15, 0.2) is 24.3 Å². The topological polar surface area (TPSA) is 105 Å². The maximum Gasteiger partial charge on any atom is 0.329 e. The molecule has 27 heavy (non-hydrogen) atoms. The molecule has 7 nitrogen and oxygen atoms in total. The summed E-state index contributed by atoms with van der Waals surface area (Å²) in [5, 5.41) is 14.7. The number of carboxylic acids is 1. The zero-order chi connectivity index (χ0) is 19.4. The molecule has 0 unspecified atom stereocenters. The fourth-order valence-electron chi connectivity index (χ4n) is 3.02. The molecule has 0 bridgehead atoms. The standard InChI is InChI=1S/C19H20N2O5S/c1-11-5-2-3-7-13(11)20-18(25)17-12-6-4-8-14(12)27-19(17)21-15(22)9-26-10-16(23)24/h2-3,5,7H,4,6,8-10H2,1H3,(H,20,25)(H,21,22)(H,23,24). The molecular formula is C19H20N2O5S. The van der Waals surface area contributed by atoms with E-state index in [4.69, 9.17) is 9.84 Å². The van der Waals surface area contributed by atoms with Gasteiger partial charge >= 0.3 is 5.97 Å². The van der Waals surface area contributed by atoms with Crippen molar-refractivity contribution < 1.29 is 24.2 Å². The monoisotopic (exact) mass is 388 g/mol. The maximum atomic E-state index is 12.9. The number of anilines is 2. The van der Waals surface area contributed by atoms with E-state index in [0.717, 1.165) is 41.0 Å². The van der Waals surface area contributed by atoms with Crippen molar-refractivity contribution in [2.45, 2.75) is 26.2 Å². The van der Waals surface area contributed by atoms with Crippen molar-refractivity contribution in [1.29, 1.82) is 0 Å². The third-order valence-corrected chi connectivity index (χ3v) is 5.46. The van der Waals surface area contributed by atoms with Gasteiger partial charge in [0.1, 0.15) is 18.2 Å². The van der Waals surface area contributed by atoms with E-state index in [0.29, 0.717) is 10.6 Å². The Hall–Kier alpha value is -2.71. The van der Waals surface area contributed by atoms with Crippen LogP contribution in [0.3, 0.4) is 0 Å². The van der Waals surface area contributed by atoms with Gasteiger partial charge in [-0.2, -0.15) is 0 Å². The Balaban J connectivity index is 1.78. The molecule has 1 aromatic heterocycles. The maximum absolute atomic E-state index is 12.9. The second kappa shape index (κ2) is 8.32. The van der Waals surface area contributed by atoms with Gasteiger partial charge in [0.25, 0.3) is 11.8 Å². The fraction of sp³-hybridized carbons (Fsp3) is 0.316. The minimum Gasteiger partial charge on any atom is -0.480 e. The molecule has 1 heterocycles. The van der Waals surface area contributed by atoms with E-state index in [2.05, 4.69) is 10.6 Å². The van der Waals surface area contributed by atoms with Crippen LogP contribution in [0.1, 0.15) is 32.8 Å². The van der Waals surface area contributed by atoms with E-state index in [9.17, 15) is 14.4 Å². The van der Waals surface area contributed by atoms with Gasteiger partial charge in [-0.15, -0.1) is 11.3 Å². The minimum atomic E-state index is -1.14. The molecule has 3 N–H and O–H groups in total. The highest BCUT2D eigenvalue weighted by Crippen LogP contribution is 2.39. The van der Waals surface area contributed by atoms with E-state index in [1.807, 2.05) is 31.2 Å². The largest absolute Gasteiger partial charge is 0.480 e. The number of nitrogens with one attached hydrogen (secondary N) is 2. The van der Waals surface area contributed by atoms with Crippen molar-refractivity contribution in [3.05, 3.63) is 45.8 Å². The fourth-order valence-corrected chi connectivity index (χ4v) is 4.33. The zero-order valence-corrected chi connectivity index (χ0v) is 15.6. The van der Waals surface area contributed by atoms with Crippen LogP contribution in [-0.4, -0.2) is 36.1 Å². The first-order valence-electron chi connectivity index (χ1n) is 8.56. The smallest absolute Gasteiger partial charge is 0.329 e. The normalized spacial score (nSPS) is 12.5. The van der Waals surface area contributed by atoms with E-state index < -0.39 is 18.5 Å². The number of carbonyl (C=O) groups excluding carboxylic acids is 2. The Morgan fingerprint density at radius 1 is 1.15 bits per heavy atom. The number of fused-ring (bicyclic) bond motifs is 1. The summed E-state index contributed by atoms with van der Waals surface area (Å²) in [6.07, 6.45) is 2.67. The number of aryl methyl sites for hydroxylation is 2. The summed E-state index contributed by atoms with van der Waals surface area (Å²) in [5.74, 6) is -1.89. The van der Waals surface area contributed by atoms with Gasteiger partial charge < -0.3 is 20.5 Å². The summed E-state index contributed by atoms with van der Waals surface area (Å²) in [6, 6.07) is 7.49. The number of amides is 2. The van der Waals surface area contributed by atoms with Crippen LogP contribution in [0.2, 0.25) is 0 Å². The summed E-state index contributed by atoms with van der Waals surface area (Å²) in [4.78, 5) is 36.6. The summed E-state index contributed by atoms with van der Waals surface area (Å²) >= 11 is 1.40. The number of rotatable bonds is 7. The average Bonchev–Trinajstić information content (AvgIpc) is 3.17. The lowest BCUT2D eigenvalue weighted by molar-refractivity contribution is -0.143. The van der Waals surface area contributed by atoms with Crippen LogP contribution in [0.4, 0.5) is 10.7 Å². The minimum absolute atomic E-state index is 0.259. The number of hydrogen-bond acceptors (Lipinski definition) is 5. The molecular weight excluding hydrogens is 368 g/mol. The summed E-state index contributed by atoms with van der Waals surface area (Å²) < 4.78 is 4.81. The van der Waals surface area contributed by atoms with Gasteiger partial charge in [-0.3, -0.25) is 9.59 Å². The average molecular weight is 388 g/mol. The molecule has 1 aliphatic rings. The predicted molar refractivity (Wildman–Crippen MR) is 103 cm³/mol. The highest BCUT2D eigenvalue weighted by Gasteiger charge is 2.27. The Morgan fingerprint density at radius 3 is 2.67 bits per heavy atom. The third-order valence-electron chi connectivity index (χ3n) is 4.25. The molecule has 0 saturated carbocycles. The Labute approximate surface area is 160 Å². The van der Waals surface area contributed by atoms with Crippen LogP contribution in [-0.2, 0) is 27.2 Å². The molecule has 0 atom stereocenters. The Kier molecular flexibility index (Phi) is 5.88. The van der Waals surface area contributed by atoms with Crippen LogP contribution < -0.4 is 10.6 Å². The lowest BCUT2D eigenvalue weighted by Crippen LogP contribution is -2.22. The molecule has 0 saturated heterocycles. The predicted octanol–water partition coefficient (Wildman–Crippen LogP) is 2.84. The van der Waals surface area contributed by atoms with E-state index in [1.54, 1.807) is 0 Å². The number of hydrogen-bond donors (Lipinski definition) is 3. The number of carboxylic acid groups (broad SMARTS) is 1. The van der Waals surface area contributed by atoms with Crippen molar-refractivity contribution in [3.63, 3.8) is 0 Å². The van der Waals surface area contributed by atoms with Gasteiger partial charge in [-0.1, -0.05) is 18.2 Å². The highest BCUT2D eigenvalue weighted by molar-refractivity contribution is 7.17. The second-order valence-corrected chi connectivity index (χ2v) is 7.37. The number of benzene rings is 1. The molecule has 142 valence electrons. The van der Waals surface area contributed by atoms with Crippen molar-refractivity contribution in [2.24, 2.45) is 0 Å². The molecule has 1 aliphatic carbocycles. The highest BCUT2D eigenvalue weighted by atomic mass is 32.1. The summed E-state index contributed by atoms with van der Waals surface area (Å²) in [6.45, 7) is 0.985. The Morgan fingerprint density at radius 2 is 1.93 bits per heavy atom. The molecule has 2 aromatic rings. The number of ether oxygens (including phenoxy) is 1. The SMILES string of the molecule is Cc1ccccc1NC(=O)c1c(NC(=O)COCC(=O)O)sc2c1CCC2. The van der Waals surface area contributed by atoms with Gasteiger partial charge in [-0.25, -0.2) is 4.79 Å². The number of aliphatic carboxylic acids is 1. The van der Waals surface area contributed by atoms with Crippen LogP contribution in [0.25, 0.3) is 0 Å². The van der Waals surface area contributed by atoms with E-state index in [1.165, 1.54) is 11.3 Å². The quantitative estimate of drug-likeness (QED) is 0.676. The molecule has 2 amide bonds. The molecule has 3 rings (SSSR count). The van der Waals surface area contributed by atoms with E-state index >= 15 is 0 Å². The van der Waals surface area contributed by atoms with Crippen molar-refractivity contribution in [1.82, 2.24) is 0 Å². The van der Waals surface area contributed by atoms with Crippen LogP contribution in [0.5, 0.6) is 0 Å². The zero-order valence-electron chi connectivity index (χ0n) is 14.8. The van der Waals surface area contributed by atoms with Gasteiger partial charge in [-0.05, 0) is 43.4 Å². The number of thiophene rings is 1. The first-order chi connectivity index (χ1) is 13.0. The first-order valence-corrected chi connectivity index (χ1v) is 9.38. The molecule has 8 heteroatoms. The van der Waals surface area contributed by atoms with Gasteiger partial charge in [0, 0.05) is 10.6 Å². The molecule has 0 fully saturated rings. The summed E-state index contributed by atoms with van der Waals surface area (Å²) in [7, 11) is 0. The van der Waals surface area contributed by atoms with Crippen molar-refractivity contribution in [3.8, 4) is 0 Å². The van der Waals surface area contributed by atoms with Crippen LogP contribution >= 0.6 is 11.3 Å². The lowest BCUT2D eigenvalue weighted by atomic mass is 10.1. The summed E-state index contributed by atoms with van der Waals surface area (Å²) in [5.41, 5.74) is 3.14. The van der Waals surface area contributed by atoms with E-state index in [-0.39, 0.29) is 12.5 Å². The van der Waals surface area contributed by atoms with Gasteiger partial charge in [0.2, 0.25) is 0 Å². The molecule has 0 radical (unpaired) electrons. The molecule has 0 aliphatic heterocycles. The lowest BCUT2D eigenvalue weighted by Gasteiger charge is -2.11. The number of carbonyl (C=O) groups is 3. The van der Waals surface area contributed by atoms with Gasteiger partial charge in [0.15, 0.2) is 0 Å². The molecule has 0 spiro atoms. The Bertz CT molecular complexity index is 890. The second-order valence-electron chi connectivity index (χ2n) is 6.27. The first kappa shape index (κ1) is 19.1. The third kappa shape index (κ3) is 4.53.